The molecule has 0 saturated heterocycles. The second kappa shape index (κ2) is 6.75. The third-order valence-electron chi connectivity index (χ3n) is 2.78. The maximum absolute atomic E-state index is 5.12. The van der Waals surface area contributed by atoms with Crippen LogP contribution < -0.4 is 14.8 Å². The van der Waals surface area contributed by atoms with Gasteiger partial charge in [0.15, 0.2) is 0 Å². The number of hydrogen-bond acceptors (Lipinski definition) is 4. The van der Waals surface area contributed by atoms with Crippen molar-refractivity contribution < 1.29 is 9.47 Å². The summed E-state index contributed by atoms with van der Waals surface area (Å²) < 4.78 is 10.2. The van der Waals surface area contributed by atoms with E-state index < -0.39 is 0 Å². The van der Waals surface area contributed by atoms with Crippen LogP contribution in [0, 0.1) is 0 Å². The lowest BCUT2D eigenvalue weighted by Gasteiger charge is -2.06. The smallest absolute Gasteiger partial charge is 0.213 e. The molecule has 0 radical (unpaired) electrons. The molecule has 0 unspecified atom stereocenters. The van der Waals surface area contributed by atoms with E-state index >= 15 is 0 Å². The van der Waals surface area contributed by atoms with Gasteiger partial charge in [0.05, 0.1) is 19.9 Å². The Kier molecular flexibility index (Phi) is 4.75. The van der Waals surface area contributed by atoms with Crippen molar-refractivity contribution in [2.24, 2.45) is 0 Å². The van der Waals surface area contributed by atoms with Crippen LogP contribution in [0.4, 0.5) is 0 Å². The van der Waals surface area contributed by atoms with Crippen LogP contribution >= 0.6 is 0 Å². The van der Waals surface area contributed by atoms with Crippen LogP contribution in [0.25, 0.3) is 0 Å². The van der Waals surface area contributed by atoms with Crippen LogP contribution in [0.5, 0.6) is 11.6 Å². The fourth-order valence-electron chi connectivity index (χ4n) is 1.75. The number of nitrogens with zero attached hydrogens (tertiary/aromatic N) is 1. The summed E-state index contributed by atoms with van der Waals surface area (Å²) in [6, 6.07) is 13.8. The van der Waals surface area contributed by atoms with E-state index in [2.05, 4.69) is 10.3 Å². The summed E-state index contributed by atoms with van der Waals surface area (Å²) in [6.07, 6.45) is 0. The van der Waals surface area contributed by atoms with Crippen LogP contribution in [0.15, 0.2) is 42.5 Å². The minimum absolute atomic E-state index is 0.642. The zero-order chi connectivity index (χ0) is 13.5. The first-order valence-corrected chi connectivity index (χ1v) is 6.15. The van der Waals surface area contributed by atoms with Gasteiger partial charge in [0.1, 0.15) is 5.75 Å². The molecule has 0 atom stereocenters. The van der Waals surface area contributed by atoms with Crippen molar-refractivity contribution in [3.05, 3.63) is 53.7 Å². The normalized spacial score (nSPS) is 10.2. The molecule has 0 saturated carbocycles. The molecule has 1 heterocycles. The minimum atomic E-state index is 0.642. The summed E-state index contributed by atoms with van der Waals surface area (Å²) in [7, 11) is 3.29. The number of benzene rings is 1. The number of aromatic nitrogens is 1. The molecule has 19 heavy (non-hydrogen) atoms. The third-order valence-corrected chi connectivity index (χ3v) is 2.78. The van der Waals surface area contributed by atoms with Crippen LogP contribution in [0.2, 0.25) is 0 Å². The van der Waals surface area contributed by atoms with E-state index in [-0.39, 0.29) is 0 Å². The molecule has 1 aromatic carbocycles. The lowest BCUT2D eigenvalue weighted by atomic mass is 10.2. The van der Waals surface area contributed by atoms with Crippen LogP contribution in [0.3, 0.4) is 0 Å². The van der Waals surface area contributed by atoms with Gasteiger partial charge in [-0.3, -0.25) is 0 Å². The predicted octanol–water partition coefficient (Wildman–Crippen LogP) is 2.39. The Morgan fingerprint density at radius 2 is 1.74 bits per heavy atom. The van der Waals surface area contributed by atoms with Crippen LogP contribution in [0.1, 0.15) is 11.3 Å². The molecule has 0 fully saturated rings. The van der Waals surface area contributed by atoms with E-state index in [4.69, 9.17) is 9.47 Å². The van der Waals surface area contributed by atoms with Crippen molar-refractivity contribution in [2.45, 2.75) is 13.1 Å². The Morgan fingerprint density at radius 1 is 0.947 bits per heavy atom. The first-order chi connectivity index (χ1) is 9.31. The zero-order valence-electron chi connectivity index (χ0n) is 11.2. The molecule has 4 heteroatoms. The van der Waals surface area contributed by atoms with Crippen molar-refractivity contribution >= 4 is 0 Å². The lowest BCUT2D eigenvalue weighted by molar-refractivity contribution is 0.395. The summed E-state index contributed by atoms with van der Waals surface area (Å²) in [4.78, 5) is 4.35. The SMILES string of the molecule is COc1ccc(CNCc2cccc(OC)n2)cc1. The number of nitrogens with one attached hydrogen (secondary N) is 1. The summed E-state index contributed by atoms with van der Waals surface area (Å²) in [5.41, 5.74) is 2.18. The van der Waals surface area contributed by atoms with Crippen LogP contribution in [-0.4, -0.2) is 19.2 Å². The van der Waals surface area contributed by atoms with E-state index in [0.29, 0.717) is 12.4 Å². The average Bonchev–Trinajstić information content (AvgIpc) is 2.48. The van der Waals surface area contributed by atoms with Gasteiger partial charge in [0, 0.05) is 19.2 Å². The van der Waals surface area contributed by atoms with Gasteiger partial charge in [-0.15, -0.1) is 0 Å². The van der Waals surface area contributed by atoms with E-state index in [1.807, 2.05) is 42.5 Å². The second-order valence-corrected chi connectivity index (χ2v) is 4.12. The average molecular weight is 258 g/mol. The molecule has 4 nitrogen and oxygen atoms in total. The lowest BCUT2D eigenvalue weighted by Crippen LogP contribution is -2.13. The number of rotatable bonds is 6. The predicted molar refractivity (Wildman–Crippen MR) is 74.3 cm³/mol. The van der Waals surface area contributed by atoms with Gasteiger partial charge in [-0.05, 0) is 23.8 Å². The summed E-state index contributed by atoms with van der Waals surface area (Å²) >= 11 is 0. The zero-order valence-corrected chi connectivity index (χ0v) is 11.2. The quantitative estimate of drug-likeness (QED) is 0.864. The van der Waals surface area contributed by atoms with E-state index in [9.17, 15) is 0 Å². The number of hydrogen-bond donors (Lipinski definition) is 1. The fraction of sp³-hybridized carbons (Fsp3) is 0.267. The first-order valence-electron chi connectivity index (χ1n) is 6.15. The van der Waals surface area contributed by atoms with E-state index in [1.165, 1.54) is 5.56 Å². The molecular weight excluding hydrogens is 240 g/mol. The molecule has 0 aliphatic carbocycles. The fourth-order valence-corrected chi connectivity index (χ4v) is 1.75. The van der Waals surface area contributed by atoms with Gasteiger partial charge in [0.25, 0.3) is 0 Å². The highest BCUT2D eigenvalue weighted by atomic mass is 16.5. The molecule has 1 N–H and O–H groups in total. The Hall–Kier alpha value is -2.07. The standard InChI is InChI=1S/C15H18N2O2/c1-18-14-8-6-12(7-9-14)10-16-11-13-4-3-5-15(17-13)19-2/h3-9,16H,10-11H2,1-2H3. The largest absolute Gasteiger partial charge is 0.497 e. The van der Waals surface area contributed by atoms with Gasteiger partial charge in [-0.25, -0.2) is 4.98 Å². The van der Waals surface area contributed by atoms with Gasteiger partial charge in [0.2, 0.25) is 5.88 Å². The highest BCUT2D eigenvalue weighted by molar-refractivity contribution is 5.27. The number of ether oxygens (including phenoxy) is 2. The van der Waals surface area contributed by atoms with Crippen LogP contribution in [-0.2, 0) is 13.1 Å². The van der Waals surface area contributed by atoms with Gasteiger partial charge in [-0.2, -0.15) is 0 Å². The summed E-state index contributed by atoms with van der Waals surface area (Å²) in [6.45, 7) is 1.51. The Labute approximate surface area is 113 Å². The highest BCUT2D eigenvalue weighted by Crippen LogP contribution is 2.11. The van der Waals surface area contributed by atoms with Crippen molar-refractivity contribution in [2.75, 3.05) is 14.2 Å². The topological polar surface area (TPSA) is 43.4 Å². The monoisotopic (exact) mass is 258 g/mol. The van der Waals surface area contributed by atoms with Crippen molar-refractivity contribution in [1.82, 2.24) is 10.3 Å². The second-order valence-electron chi connectivity index (χ2n) is 4.12. The maximum atomic E-state index is 5.12. The van der Waals surface area contributed by atoms with Crippen molar-refractivity contribution in [1.29, 1.82) is 0 Å². The van der Waals surface area contributed by atoms with Gasteiger partial charge < -0.3 is 14.8 Å². The molecule has 2 rings (SSSR count). The van der Waals surface area contributed by atoms with Crippen molar-refractivity contribution in [3.63, 3.8) is 0 Å². The summed E-state index contributed by atoms with van der Waals surface area (Å²) in [5, 5.41) is 3.35. The Bertz CT molecular complexity index is 512. The first kappa shape index (κ1) is 13.4. The molecule has 2 aromatic rings. The molecule has 0 aliphatic rings. The highest BCUT2D eigenvalue weighted by Gasteiger charge is 1.98. The molecular formula is C15H18N2O2. The van der Waals surface area contributed by atoms with Gasteiger partial charge in [-0.1, -0.05) is 18.2 Å². The Balaban J connectivity index is 1.85. The molecule has 1 aromatic heterocycles. The molecule has 0 bridgehead atoms. The molecule has 0 aliphatic heterocycles. The third kappa shape index (κ3) is 3.96. The minimum Gasteiger partial charge on any atom is -0.497 e. The van der Waals surface area contributed by atoms with E-state index in [1.54, 1.807) is 14.2 Å². The van der Waals surface area contributed by atoms with E-state index in [0.717, 1.165) is 18.0 Å². The number of pyridine rings is 1. The molecule has 0 amide bonds. The van der Waals surface area contributed by atoms with Crippen molar-refractivity contribution in [3.8, 4) is 11.6 Å². The van der Waals surface area contributed by atoms with Gasteiger partial charge >= 0.3 is 0 Å². The Morgan fingerprint density at radius 3 is 2.42 bits per heavy atom. The number of methoxy groups -OCH3 is 2. The molecule has 0 spiro atoms. The maximum Gasteiger partial charge on any atom is 0.213 e. The molecule has 100 valence electrons. The summed E-state index contributed by atoms with van der Waals surface area (Å²) in [5.74, 6) is 1.52.